The van der Waals surface area contributed by atoms with Gasteiger partial charge in [0.2, 0.25) is 11.8 Å². The fourth-order valence-electron chi connectivity index (χ4n) is 2.21. The average molecular weight is 363 g/mol. The van der Waals surface area contributed by atoms with Gasteiger partial charge < -0.3 is 10.6 Å². The summed E-state index contributed by atoms with van der Waals surface area (Å²) in [4.78, 5) is 26.9. The van der Waals surface area contributed by atoms with E-state index in [0.29, 0.717) is 24.3 Å². The van der Waals surface area contributed by atoms with Crippen LogP contribution in [0.1, 0.15) is 17.4 Å². The molecule has 1 aromatic heterocycles. The second-order valence-corrected chi connectivity index (χ2v) is 6.70. The van der Waals surface area contributed by atoms with Gasteiger partial charge in [0.15, 0.2) is 0 Å². The number of benzene rings is 1. The predicted octanol–water partition coefficient (Wildman–Crippen LogP) is 2.77. The fourth-order valence-corrected chi connectivity index (χ4v) is 2.86. The van der Waals surface area contributed by atoms with Crippen molar-refractivity contribution in [3.8, 4) is 0 Å². The van der Waals surface area contributed by atoms with Gasteiger partial charge in [0.05, 0.1) is 19.6 Å². The molecule has 0 bridgehead atoms. The van der Waals surface area contributed by atoms with Crippen LogP contribution in [0.15, 0.2) is 35.7 Å². The summed E-state index contributed by atoms with van der Waals surface area (Å²) < 4.78 is 13.5. The van der Waals surface area contributed by atoms with E-state index in [-0.39, 0.29) is 30.7 Å². The maximum absolute atomic E-state index is 13.5. The van der Waals surface area contributed by atoms with Crippen molar-refractivity contribution in [2.24, 2.45) is 0 Å². The molecule has 0 radical (unpaired) electrons. The van der Waals surface area contributed by atoms with Crippen LogP contribution >= 0.6 is 11.3 Å². The van der Waals surface area contributed by atoms with Crippen molar-refractivity contribution >= 4 is 28.8 Å². The Labute approximate surface area is 150 Å². The number of anilines is 1. The highest BCUT2D eigenvalue weighted by atomic mass is 32.1. The standard InChI is InChI=1S/C18H22FN3O2S/c1-3-22(11-17(23)20-10-15-5-4-8-25-15)12-18(24)21-14-7-6-13(2)16(19)9-14/h4-9H,3,10-12H2,1-2H3,(H,20,23)(H,21,24). The molecule has 2 aromatic rings. The van der Waals surface area contributed by atoms with Crippen LogP contribution in [0.4, 0.5) is 10.1 Å². The Bertz CT molecular complexity index is 719. The Morgan fingerprint density at radius 3 is 2.60 bits per heavy atom. The first kappa shape index (κ1) is 19.1. The lowest BCUT2D eigenvalue weighted by Crippen LogP contribution is -2.40. The summed E-state index contributed by atoms with van der Waals surface area (Å²) >= 11 is 1.58. The third-order valence-electron chi connectivity index (χ3n) is 3.68. The zero-order valence-electron chi connectivity index (χ0n) is 14.3. The molecular weight excluding hydrogens is 341 g/mol. The molecular formula is C18H22FN3O2S. The largest absolute Gasteiger partial charge is 0.350 e. The molecule has 0 unspecified atom stereocenters. The van der Waals surface area contributed by atoms with Gasteiger partial charge in [-0.15, -0.1) is 11.3 Å². The molecule has 0 aliphatic rings. The van der Waals surface area contributed by atoms with Crippen LogP contribution < -0.4 is 10.6 Å². The number of nitrogens with zero attached hydrogens (tertiary/aromatic N) is 1. The summed E-state index contributed by atoms with van der Waals surface area (Å²) in [6, 6.07) is 8.44. The van der Waals surface area contributed by atoms with Crippen LogP contribution in [0.25, 0.3) is 0 Å². The van der Waals surface area contributed by atoms with Gasteiger partial charge in [-0.25, -0.2) is 4.39 Å². The highest BCUT2D eigenvalue weighted by Gasteiger charge is 2.13. The molecule has 2 amide bonds. The minimum absolute atomic E-state index is 0.0679. The smallest absolute Gasteiger partial charge is 0.238 e. The third kappa shape index (κ3) is 6.28. The lowest BCUT2D eigenvalue weighted by atomic mass is 10.2. The van der Waals surface area contributed by atoms with E-state index in [1.54, 1.807) is 35.3 Å². The fraction of sp³-hybridized carbons (Fsp3) is 0.333. The molecule has 134 valence electrons. The van der Waals surface area contributed by atoms with E-state index in [0.717, 1.165) is 4.88 Å². The zero-order chi connectivity index (χ0) is 18.2. The maximum Gasteiger partial charge on any atom is 0.238 e. The average Bonchev–Trinajstić information content (AvgIpc) is 3.09. The number of hydrogen-bond donors (Lipinski definition) is 2. The van der Waals surface area contributed by atoms with Gasteiger partial charge in [-0.2, -0.15) is 0 Å². The van der Waals surface area contributed by atoms with Crippen LogP contribution in [0.2, 0.25) is 0 Å². The summed E-state index contributed by atoms with van der Waals surface area (Å²) in [5.74, 6) is -0.779. The highest BCUT2D eigenvalue weighted by molar-refractivity contribution is 7.09. The molecule has 2 N–H and O–H groups in total. The molecule has 0 fully saturated rings. The topological polar surface area (TPSA) is 61.4 Å². The van der Waals surface area contributed by atoms with Crippen molar-refractivity contribution < 1.29 is 14.0 Å². The van der Waals surface area contributed by atoms with Crippen LogP contribution in [-0.2, 0) is 16.1 Å². The lowest BCUT2D eigenvalue weighted by Gasteiger charge is -2.19. The monoisotopic (exact) mass is 363 g/mol. The number of halogens is 1. The van der Waals surface area contributed by atoms with Crippen LogP contribution in [-0.4, -0.2) is 36.3 Å². The molecule has 0 atom stereocenters. The molecule has 7 heteroatoms. The van der Waals surface area contributed by atoms with E-state index in [1.807, 2.05) is 24.4 Å². The molecule has 0 spiro atoms. The first-order chi connectivity index (χ1) is 12.0. The van der Waals surface area contributed by atoms with E-state index >= 15 is 0 Å². The minimum Gasteiger partial charge on any atom is -0.350 e. The molecule has 0 aliphatic heterocycles. The molecule has 1 heterocycles. The van der Waals surface area contributed by atoms with Gasteiger partial charge >= 0.3 is 0 Å². The number of likely N-dealkylation sites (N-methyl/N-ethyl adjacent to an activating group) is 1. The second kappa shape index (κ2) is 9.29. The number of carbonyl (C=O) groups is 2. The SMILES string of the molecule is CCN(CC(=O)NCc1cccs1)CC(=O)Nc1ccc(C)c(F)c1. The first-order valence-corrected chi connectivity index (χ1v) is 8.93. The summed E-state index contributed by atoms with van der Waals surface area (Å²) in [6.07, 6.45) is 0. The van der Waals surface area contributed by atoms with E-state index in [4.69, 9.17) is 0 Å². The van der Waals surface area contributed by atoms with Gasteiger partial charge in [0.25, 0.3) is 0 Å². The van der Waals surface area contributed by atoms with E-state index < -0.39 is 0 Å². The molecule has 0 saturated carbocycles. The zero-order valence-corrected chi connectivity index (χ0v) is 15.2. The lowest BCUT2D eigenvalue weighted by molar-refractivity contribution is -0.123. The Morgan fingerprint density at radius 2 is 1.96 bits per heavy atom. The van der Waals surface area contributed by atoms with E-state index in [2.05, 4.69) is 10.6 Å². The number of carbonyl (C=O) groups excluding carboxylic acids is 2. The quantitative estimate of drug-likeness (QED) is 0.758. The Morgan fingerprint density at radius 1 is 1.20 bits per heavy atom. The Kier molecular flexibility index (Phi) is 7.09. The van der Waals surface area contributed by atoms with Gasteiger partial charge in [-0.1, -0.05) is 19.1 Å². The van der Waals surface area contributed by atoms with Crippen LogP contribution in [0.3, 0.4) is 0 Å². The molecule has 1 aromatic carbocycles. The molecule has 0 aliphatic carbocycles. The normalized spacial score (nSPS) is 10.7. The predicted molar refractivity (Wildman–Crippen MR) is 98.0 cm³/mol. The summed E-state index contributed by atoms with van der Waals surface area (Å²) in [7, 11) is 0. The van der Waals surface area contributed by atoms with Crippen LogP contribution in [0, 0.1) is 12.7 Å². The minimum atomic E-state index is -0.363. The third-order valence-corrected chi connectivity index (χ3v) is 4.55. The summed E-state index contributed by atoms with van der Waals surface area (Å²) in [5.41, 5.74) is 0.932. The number of thiophene rings is 1. The number of amides is 2. The summed E-state index contributed by atoms with van der Waals surface area (Å²) in [5, 5.41) is 7.44. The first-order valence-electron chi connectivity index (χ1n) is 8.05. The molecule has 2 rings (SSSR count). The Hall–Kier alpha value is -2.25. The van der Waals surface area contributed by atoms with Gasteiger partial charge in [-0.05, 0) is 42.6 Å². The molecule has 25 heavy (non-hydrogen) atoms. The van der Waals surface area contributed by atoms with Crippen molar-refractivity contribution in [3.63, 3.8) is 0 Å². The highest BCUT2D eigenvalue weighted by Crippen LogP contribution is 2.13. The van der Waals surface area contributed by atoms with Gasteiger partial charge in [-0.3, -0.25) is 14.5 Å². The van der Waals surface area contributed by atoms with Crippen molar-refractivity contribution in [3.05, 3.63) is 52.0 Å². The van der Waals surface area contributed by atoms with E-state index in [1.165, 1.54) is 6.07 Å². The summed E-state index contributed by atoms with van der Waals surface area (Å²) in [6.45, 7) is 4.79. The second-order valence-electron chi connectivity index (χ2n) is 5.67. The molecule has 5 nitrogen and oxygen atoms in total. The van der Waals surface area contributed by atoms with Crippen molar-refractivity contribution in [1.29, 1.82) is 0 Å². The molecule has 0 saturated heterocycles. The Balaban J connectivity index is 1.80. The number of nitrogens with one attached hydrogen (secondary N) is 2. The van der Waals surface area contributed by atoms with Gasteiger partial charge in [0, 0.05) is 10.6 Å². The number of rotatable bonds is 8. The number of hydrogen-bond acceptors (Lipinski definition) is 4. The van der Waals surface area contributed by atoms with Crippen LogP contribution in [0.5, 0.6) is 0 Å². The van der Waals surface area contributed by atoms with Crippen molar-refractivity contribution in [2.45, 2.75) is 20.4 Å². The van der Waals surface area contributed by atoms with Gasteiger partial charge in [0.1, 0.15) is 5.82 Å². The number of aryl methyl sites for hydroxylation is 1. The van der Waals surface area contributed by atoms with E-state index in [9.17, 15) is 14.0 Å². The van der Waals surface area contributed by atoms with Crippen molar-refractivity contribution in [2.75, 3.05) is 25.0 Å². The van der Waals surface area contributed by atoms with Crippen molar-refractivity contribution in [1.82, 2.24) is 10.2 Å². The maximum atomic E-state index is 13.5.